The van der Waals surface area contributed by atoms with Gasteiger partial charge in [-0.1, -0.05) is 12.8 Å². The summed E-state index contributed by atoms with van der Waals surface area (Å²) in [6.07, 6.45) is 9.70. The molecule has 5 heterocycles. The third kappa shape index (κ3) is 8.17. The number of amides is 3. The number of aromatic nitrogens is 3. The zero-order valence-electron chi connectivity index (χ0n) is 29.2. The van der Waals surface area contributed by atoms with Crippen molar-refractivity contribution in [3.63, 3.8) is 0 Å². The SMILES string of the molecule is O=C1CCC(Nc2ccc(N3CCN(CCCCCCNC(=O)c4cnn5ccc(N6CCCC6c6cc(F)ccc6F)nc45)CC3)cc2)C(=O)N1. The highest BCUT2D eigenvalue weighted by atomic mass is 19.1. The molecule has 12 nitrogen and oxygen atoms in total. The number of hydrogen-bond donors (Lipinski definition) is 3. The van der Waals surface area contributed by atoms with Crippen LogP contribution in [0.15, 0.2) is 60.9 Å². The minimum absolute atomic E-state index is 0.215. The molecule has 2 aromatic heterocycles. The molecular formula is C38H45F2N9O3. The van der Waals surface area contributed by atoms with Crippen molar-refractivity contribution in [1.82, 2.24) is 30.1 Å². The van der Waals surface area contributed by atoms with Crippen molar-refractivity contribution in [3.8, 4) is 0 Å². The Morgan fingerprint density at radius 1 is 0.923 bits per heavy atom. The van der Waals surface area contributed by atoms with Crippen LogP contribution in [-0.4, -0.2) is 89.1 Å². The average molecular weight is 714 g/mol. The van der Waals surface area contributed by atoms with Gasteiger partial charge >= 0.3 is 0 Å². The molecule has 3 aliphatic heterocycles. The fourth-order valence-corrected chi connectivity index (χ4v) is 7.46. The molecule has 14 heteroatoms. The van der Waals surface area contributed by atoms with Gasteiger partial charge in [0.25, 0.3) is 5.91 Å². The molecule has 0 bridgehead atoms. The highest BCUT2D eigenvalue weighted by Crippen LogP contribution is 2.37. The quantitative estimate of drug-likeness (QED) is 0.134. The van der Waals surface area contributed by atoms with Gasteiger partial charge in [0.05, 0.1) is 12.2 Å². The zero-order chi connectivity index (χ0) is 36.0. The van der Waals surface area contributed by atoms with Crippen LogP contribution < -0.4 is 25.8 Å². The molecule has 274 valence electrons. The molecule has 7 rings (SSSR count). The second-order valence-electron chi connectivity index (χ2n) is 13.8. The number of carbonyl (C=O) groups excluding carboxylic acids is 3. The van der Waals surface area contributed by atoms with Gasteiger partial charge in [0.2, 0.25) is 11.8 Å². The summed E-state index contributed by atoms with van der Waals surface area (Å²) in [5.41, 5.74) is 3.16. The Bertz CT molecular complexity index is 1890. The molecule has 3 N–H and O–H groups in total. The van der Waals surface area contributed by atoms with Gasteiger partial charge in [-0.3, -0.25) is 24.6 Å². The molecular weight excluding hydrogens is 668 g/mol. The lowest BCUT2D eigenvalue weighted by Crippen LogP contribution is -2.47. The number of halogens is 2. The van der Waals surface area contributed by atoms with Gasteiger partial charge in [0.15, 0.2) is 5.65 Å². The number of nitrogens with one attached hydrogen (secondary N) is 3. The average Bonchev–Trinajstić information content (AvgIpc) is 3.82. The van der Waals surface area contributed by atoms with Crippen molar-refractivity contribution in [3.05, 3.63) is 83.7 Å². The highest BCUT2D eigenvalue weighted by molar-refractivity contribution is 6.01. The Morgan fingerprint density at radius 3 is 2.54 bits per heavy atom. The number of nitrogens with zero attached hydrogens (tertiary/aromatic N) is 6. The van der Waals surface area contributed by atoms with Gasteiger partial charge in [-0.15, -0.1) is 0 Å². The summed E-state index contributed by atoms with van der Waals surface area (Å²) in [6.45, 7) is 6.17. The van der Waals surface area contributed by atoms with Crippen molar-refractivity contribution >= 4 is 40.6 Å². The number of carbonyl (C=O) groups is 3. The topological polar surface area (TPSA) is 127 Å². The molecule has 0 radical (unpaired) electrons. The van der Waals surface area contributed by atoms with Crippen molar-refractivity contribution in [2.45, 2.75) is 63.5 Å². The highest BCUT2D eigenvalue weighted by Gasteiger charge is 2.30. The number of fused-ring (bicyclic) bond motifs is 1. The minimum Gasteiger partial charge on any atom is -0.374 e. The maximum absolute atomic E-state index is 14.6. The standard InChI is InChI=1S/C38H45F2N9O3/c39-26-7-12-31(40)29(24-26)33-6-5-18-48(33)34-15-19-49-36(44-34)30(25-42-49)37(51)41-16-3-1-2-4-17-46-20-22-47(23-21-46)28-10-8-27(9-11-28)43-32-13-14-35(50)45-38(32)52/h7-12,15,19,24-25,32-33,43H,1-6,13-14,16-18,20-23H2,(H,41,51)(H,45,50,52). The summed E-state index contributed by atoms with van der Waals surface area (Å²) in [5.74, 6) is -1.02. The Kier molecular flexibility index (Phi) is 10.9. The van der Waals surface area contributed by atoms with E-state index < -0.39 is 11.6 Å². The first-order chi connectivity index (χ1) is 25.3. The van der Waals surface area contributed by atoms with Crippen LogP contribution in [0.2, 0.25) is 0 Å². The summed E-state index contributed by atoms with van der Waals surface area (Å²) >= 11 is 0. The molecule has 2 aromatic carbocycles. The predicted octanol–water partition coefficient (Wildman–Crippen LogP) is 4.68. The second-order valence-corrected chi connectivity index (χ2v) is 13.8. The number of imide groups is 1. The van der Waals surface area contributed by atoms with Crippen LogP contribution >= 0.6 is 0 Å². The minimum atomic E-state index is -0.472. The summed E-state index contributed by atoms with van der Waals surface area (Å²) in [7, 11) is 0. The fourth-order valence-electron chi connectivity index (χ4n) is 7.46. The van der Waals surface area contributed by atoms with Crippen molar-refractivity contribution in [1.29, 1.82) is 0 Å². The monoisotopic (exact) mass is 713 g/mol. The number of rotatable bonds is 13. The van der Waals surface area contributed by atoms with Crippen LogP contribution in [0, 0.1) is 11.6 Å². The second kappa shape index (κ2) is 16.1. The van der Waals surface area contributed by atoms with E-state index in [-0.39, 0.29) is 29.8 Å². The molecule has 0 saturated carbocycles. The van der Waals surface area contributed by atoms with Gasteiger partial charge in [0, 0.05) is 68.8 Å². The number of anilines is 3. The Morgan fingerprint density at radius 2 is 1.73 bits per heavy atom. The smallest absolute Gasteiger partial charge is 0.256 e. The van der Waals surface area contributed by atoms with Crippen LogP contribution in [0.1, 0.15) is 73.3 Å². The van der Waals surface area contributed by atoms with E-state index in [0.717, 1.165) is 88.3 Å². The van der Waals surface area contributed by atoms with E-state index in [0.29, 0.717) is 54.9 Å². The van der Waals surface area contributed by atoms with Crippen molar-refractivity contribution < 1.29 is 23.2 Å². The first kappa shape index (κ1) is 35.3. The van der Waals surface area contributed by atoms with Crippen LogP contribution in [0.4, 0.5) is 26.0 Å². The number of piperazine rings is 1. The van der Waals surface area contributed by atoms with E-state index in [1.807, 2.05) is 17.0 Å². The maximum Gasteiger partial charge on any atom is 0.256 e. The molecule has 3 fully saturated rings. The Hall–Kier alpha value is -5.11. The molecule has 4 aromatic rings. The Labute approximate surface area is 301 Å². The lowest BCUT2D eigenvalue weighted by Gasteiger charge is -2.36. The number of piperidine rings is 1. The van der Waals surface area contributed by atoms with E-state index in [9.17, 15) is 23.2 Å². The lowest BCUT2D eigenvalue weighted by molar-refractivity contribution is -0.133. The van der Waals surface area contributed by atoms with Gasteiger partial charge in [-0.25, -0.2) is 18.3 Å². The van der Waals surface area contributed by atoms with E-state index in [1.54, 1.807) is 16.8 Å². The van der Waals surface area contributed by atoms with Crippen molar-refractivity contribution in [2.75, 3.05) is 60.9 Å². The first-order valence-corrected chi connectivity index (χ1v) is 18.3. The molecule has 3 aliphatic rings. The number of benzene rings is 2. The number of hydrogen-bond acceptors (Lipinski definition) is 9. The molecule has 0 aliphatic carbocycles. The number of unbranched alkanes of at least 4 members (excludes halogenated alkanes) is 3. The van der Waals surface area contributed by atoms with Gasteiger partial charge in [0.1, 0.15) is 29.1 Å². The molecule has 0 spiro atoms. The largest absolute Gasteiger partial charge is 0.374 e. The molecule has 3 amide bonds. The van der Waals surface area contributed by atoms with E-state index >= 15 is 0 Å². The van der Waals surface area contributed by atoms with E-state index in [1.165, 1.54) is 12.3 Å². The third-order valence-electron chi connectivity index (χ3n) is 10.3. The van der Waals surface area contributed by atoms with Gasteiger partial charge in [-0.05, 0) is 87.2 Å². The lowest BCUT2D eigenvalue weighted by atomic mass is 10.0. The molecule has 52 heavy (non-hydrogen) atoms. The molecule has 2 unspecified atom stereocenters. The summed E-state index contributed by atoms with van der Waals surface area (Å²) < 4.78 is 30.1. The van der Waals surface area contributed by atoms with Crippen molar-refractivity contribution in [2.24, 2.45) is 0 Å². The van der Waals surface area contributed by atoms with Crippen LogP contribution in [0.3, 0.4) is 0 Å². The van der Waals surface area contributed by atoms with Crippen LogP contribution in [0.25, 0.3) is 5.65 Å². The summed E-state index contributed by atoms with van der Waals surface area (Å²) in [6, 6.07) is 12.8. The van der Waals surface area contributed by atoms with Gasteiger partial charge in [-0.2, -0.15) is 5.10 Å². The normalized spacial score (nSPS) is 19.7. The molecule has 3 saturated heterocycles. The molecule has 2 atom stereocenters. The Balaban J connectivity index is 0.806. The van der Waals surface area contributed by atoms with Crippen LogP contribution in [-0.2, 0) is 9.59 Å². The predicted molar refractivity (Wildman–Crippen MR) is 194 cm³/mol. The van der Waals surface area contributed by atoms with Gasteiger partial charge < -0.3 is 20.4 Å². The first-order valence-electron chi connectivity index (χ1n) is 18.3. The zero-order valence-corrected chi connectivity index (χ0v) is 29.2. The fraction of sp³-hybridized carbons (Fsp3) is 0.447. The van der Waals surface area contributed by atoms with E-state index in [2.05, 4.69) is 43.0 Å². The van der Waals surface area contributed by atoms with E-state index in [4.69, 9.17) is 4.98 Å². The van der Waals surface area contributed by atoms with Crippen LogP contribution in [0.5, 0.6) is 0 Å². The third-order valence-corrected chi connectivity index (χ3v) is 10.3. The summed E-state index contributed by atoms with van der Waals surface area (Å²) in [4.78, 5) is 48.2. The summed E-state index contributed by atoms with van der Waals surface area (Å²) in [5, 5.41) is 12.9. The maximum atomic E-state index is 14.6.